The number of ether oxygens (including phenoxy) is 1. The molecule has 1 unspecified atom stereocenters. The first kappa shape index (κ1) is 17.9. The number of alkyl carbamates (subject to hydrolysis) is 1. The zero-order valence-electron chi connectivity index (χ0n) is 13.6. The number of likely N-dealkylation sites (N-methyl/N-ethyl adjacent to an activating group) is 1. The summed E-state index contributed by atoms with van der Waals surface area (Å²) in [6, 6.07) is 2.77. The highest BCUT2D eigenvalue weighted by Gasteiger charge is 2.27. The summed E-state index contributed by atoms with van der Waals surface area (Å²) in [5, 5.41) is 3.66. The first-order chi connectivity index (χ1) is 10.2. The van der Waals surface area contributed by atoms with E-state index in [9.17, 15) is 9.59 Å². The molecule has 1 atom stereocenters. The topological polar surface area (TPSA) is 80.8 Å². The Labute approximate surface area is 130 Å². The highest BCUT2D eigenvalue weighted by molar-refractivity contribution is 5.85. The molecule has 1 aromatic rings. The third-order valence-electron chi connectivity index (χ3n) is 2.76. The molecule has 0 radical (unpaired) electrons. The van der Waals surface area contributed by atoms with Crippen molar-refractivity contribution < 1.29 is 19.2 Å². The Morgan fingerprint density at radius 2 is 1.91 bits per heavy atom. The van der Waals surface area contributed by atoms with Gasteiger partial charge in [0.1, 0.15) is 11.6 Å². The maximum absolute atomic E-state index is 12.3. The summed E-state index contributed by atoms with van der Waals surface area (Å²) in [4.78, 5) is 33.0. The molecule has 0 spiro atoms. The maximum atomic E-state index is 12.3. The van der Waals surface area contributed by atoms with E-state index in [4.69, 9.17) is 9.57 Å². The Hall–Kier alpha value is -2.15. The van der Waals surface area contributed by atoms with E-state index in [2.05, 4.69) is 10.3 Å². The molecule has 7 heteroatoms. The first-order valence-electron chi connectivity index (χ1n) is 6.93. The van der Waals surface area contributed by atoms with Crippen molar-refractivity contribution in [2.45, 2.75) is 38.8 Å². The van der Waals surface area contributed by atoms with Crippen molar-refractivity contribution >= 4 is 12.0 Å². The number of hydrogen-bond donors (Lipinski definition) is 1. The Kier molecular flexibility index (Phi) is 6.30. The summed E-state index contributed by atoms with van der Waals surface area (Å²) in [5.41, 5.74) is 0.232. The number of amides is 2. The van der Waals surface area contributed by atoms with Gasteiger partial charge in [-0.15, -0.1) is 0 Å². The van der Waals surface area contributed by atoms with Crippen LogP contribution in [0, 0.1) is 0 Å². The molecule has 0 aliphatic heterocycles. The van der Waals surface area contributed by atoms with Crippen LogP contribution in [0.5, 0.6) is 0 Å². The minimum absolute atomic E-state index is 0.314. The Morgan fingerprint density at radius 1 is 1.32 bits per heavy atom. The van der Waals surface area contributed by atoms with E-state index in [1.54, 1.807) is 45.3 Å². The molecule has 0 bridgehead atoms. The predicted molar refractivity (Wildman–Crippen MR) is 80.9 cm³/mol. The standard InChI is InChI=1S/C15H23N3O4/c1-15(2,3)22-14(20)17-12(13(19)18(4)21-5)10-11-6-8-16-9-7-11/h6-9,12H,10H2,1-5H3,(H,17,20). The van der Waals surface area contributed by atoms with Crippen LogP contribution >= 0.6 is 0 Å². The number of hydroxylamine groups is 2. The van der Waals surface area contributed by atoms with Gasteiger partial charge in [0.2, 0.25) is 0 Å². The summed E-state index contributed by atoms with van der Waals surface area (Å²) in [5.74, 6) is -0.370. The zero-order chi connectivity index (χ0) is 16.8. The van der Waals surface area contributed by atoms with Crippen molar-refractivity contribution in [3.63, 3.8) is 0 Å². The predicted octanol–water partition coefficient (Wildman–Crippen LogP) is 1.54. The van der Waals surface area contributed by atoms with Crippen LogP contribution < -0.4 is 5.32 Å². The van der Waals surface area contributed by atoms with Crippen LogP contribution in [0.25, 0.3) is 0 Å². The van der Waals surface area contributed by atoms with Gasteiger partial charge in [-0.1, -0.05) is 0 Å². The molecular weight excluding hydrogens is 286 g/mol. The van der Waals surface area contributed by atoms with Crippen LogP contribution in [0.4, 0.5) is 4.79 Å². The van der Waals surface area contributed by atoms with Crippen molar-refractivity contribution in [1.82, 2.24) is 15.4 Å². The average Bonchev–Trinajstić information content (AvgIpc) is 2.44. The van der Waals surface area contributed by atoms with Crippen LogP contribution in [0.1, 0.15) is 26.3 Å². The van der Waals surface area contributed by atoms with E-state index in [1.165, 1.54) is 14.2 Å². The van der Waals surface area contributed by atoms with E-state index in [-0.39, 0.29) is 5.91 Å². The largest absolute Gasteiger partial charge is 0.444 e. The Morgan fingerprint density at radius 3 is 2.41 bits per heavy atom. The monoisotopic (exact) mass is 309 g/mol. The fourth-order valence-electron chi connectivity index (χ4n) is 1.71. The second-order valence-electron chi connectivity index (χ2n) is 5.78. The summed E-state index contributed by atoms with van der Waals surface area (Å²) < 4.78 is 5.20. The van der Waals surface area contributed by atoms with E-state index < -0.39 is 17.7 Å². The van der Waals surface area contributed by atoms with Crippen molar-refractivity contribution in [3.8, 4) is 0 Å². The number of nitrogens with one attached hydrogen (secondary N) is 1. The third-order valence-corrected chi connectivity index (χ3v) is 2.76. The molecule has 0 aliphatic rings. The van der Waals surface area contributed by atoms with E-state index in [0.29, 0.717) is 6.42 Å². The van der Waals surface area contributed by atoms with E-state index >= 15 is 0 Å². The quantitative estimate of drug-likeness (QED) is 0.834. The summed E-state index contributed by atoms with van der Waals surface area (Å²) in [7, 11) is 2.87. The van der Waals surface area contributed by atoms with Crippen LogP contribution in [-0.2, 0) is 20.8 Å². The van der Waals surface area contributed by atoms with Gasteiger partial charge in [0.25, 0.3) is 5.91 Å². The van der Waals surface area contributed by atoms with E-state index in [0.717, 1.165) is 10.6 Å². The number of pyridine rings is 1. The number of carbonyl (C=O) groups excluding carboxylic acids is 2. The van der Waals surface area contributed by atoms with Crippen molar-refractivity contribution in [2.24, 2.45) is 0 Å². The minimum atomic E-state index is -0.790. The molecule has 1 N–H and O–H groups in total. The maximum Gasteiger partial charge on any atom is 0.408 e. The SMILES string of the molecule is CON(C)C(=O)C(Cc1ccncc1)NC(=O)OC(C)(C)C. The lowest BCUT2D eigenvalue weighted by atomic mass is 10.1. The molecule has 0 aromatic carbocycles. The van der Waals surface area contributed by atoms with Crippen LogP contribution in [0.3, 0.4) is 0 Å². The highest BCUT2D eigenvalue weighted by atomic mass is 16.7. The molecule has 0 fully saturated rings. The smallest absolute Gasteiger partial charge is 0.408 e. The first-order valence-corrected chi connectivity index (χ1v) is 6.93. The number of carbonyl (C=O) groups is 2. The zero-order valence-corrected chi connectivity index (χ0v) is 13.6. The number of hydrogen-bond acceptors (Lipinski definition) is 5. The molecule has 1 heterocycles. The van der Waals surface area contributed by atoms with Gasteiger partial charge in [-0.25, -0.2) is 9.86 Å². The summed E-state index contributed by atoms with van der Waals surface area (Å²) in [6.07, 6.45) is 2.92. The molecule has 122 valence electrons. The number of rotatable bonds is 5. The molecule has 0 aliphatic carbocycles. The third kappa shape index (κ3) is 6.09. The lowest BCUT2D eigenvalue weighted by Crippen LogP contribution is -2.49. The van der Waals surface area contributed by atoms with Gasteiger partial charge in [-0.2, -0.15) is 0 Å². The fourth-order valence-corrected chi connectivity index (χ4v) is 1.71. The normalized spacial score (nSPS) is 12.4. The van der Waals surface area contributed by atoms with Crippen LogP contribution in [0.2, 0.25) is 0 Å². The van der Waals surface area contributed by atoms with Gasteiger partial charge in [-0.3, -0.25) is 14.6 Å². The molecular formula is C15H23N3O4. The molecule has 1 aromatic heterocycles. The van der Waals surface area contributed by atoms with E-state index in [1.807, 2.05) is 0 Å². The van der Waals surface area contributed by atoms with Gasteiger partial charge in [0.05, 0.1) is 7.11 Å². The Balaban J connectivity index is 2.82. The number of nitrogens with zero attached hydrogens (tertiary/aromatic N) is 2. The molecule has 1 rings (SSSR count). The second kappa shape index (κ2) is 7.74. The Bertz CT molecular complexity index is 499. The molecule has 0 saturated heterocycles. The molecule has 2 amide bonds. The van der Waals surface area contributed by atoms with Gasteiger partial charge in [0, 0.05) is 25.9 Å². The second-order valence-corrected chi connectivity index (χ2v) is 5.78. The molecule has 22 heavy (non-hydrogen) atoms. The van der Waals surface area contributed by atoms with Gasteiger partial charge >= 0.3 is 6.09 Å². The lowest BCUT2D eigenvalue weighted by molar-refractivity contribution is -0.171. The molecule has 0 saturated carbocycles. The van der Waals surface area contributed by atoms with Gasteiger partial charge < -0.3 is 10.1 Å². The fraction of sp³-hybridized carbons (Fsp3) is 0.533. The number of aromatic nitrogens is 1. The minimum Gasteiger partial charge on any atom is -0.444 e. The van der Waals surface area contributed by atoms with Crippen LogP contribution in [-0.4, -0.2) is 47.8 Å². The lowest BCUT2D eigenvalue weighted by Gasteiger charge is -2.25. The van der Waals surface area contributed by atoms with Crippen molar-refractivity contribution in [1.29, 1.82) is 0 Å². The van der Waals surface area contributed by atoms with Crippen molar-refractivity contribution in [2.75, 3.05) is 14.2 Å². The highest BCUT2D eigenvalue weighted by Crippen LogP contribution is 2.09. The molecule has 7 nitrogen and oxygen atoms in total. The van der Waals surface area contributed by atoms with Crippen LogP contribution in [0.15, 0.2) is 24.5 Å². The summed E-state index contributed by atoms with van der Waals surface area (Å²) >= 11 is 0. The average molecular weight is 309 g/mol. The van der Waals surface area contributed by atoms with Gasteiger partial charge in [-0.05, 0) is 38.5 Å². The summed E-state index contributed by atoms with van der Waals surface area (Å²) in [6.45, 7) is 5.27. The van der Waals surface area contributed by atoms with Crippen molar-refractivity contribution in [3.05, 3.63) is 30.1 Å². The van der Waals surface area contributed by atoms with Gasteiger partial charge in [0.15, 0.2) is 0 Å².